The van der Waals surface area contributed by atoms with Gasteiger partial charge in [-0.1, -0.05) is 48.6 Å². The zero-order chi connectivity index (χ0) is 15.4. The van der Waals surface area contributed by atoms with Crippen LogP contribution in [0.3, 0.4) is 0 Å². The third-order valence-corrected chi connectivity index (χ3v) is 5.08. The number of anilines is 1. The fraction of sp³-hybridized carbons (Fsp3) is 0.438. The molecule has 1 N–H and O–H groups in total. The van der Waals surface area contributed by atoms with Crippen molar-refractivity contribution in [2.45, 2.75) is 31.6 Å². The molecule has 0 aliphatic carbocycles. The zero-order valence-electron chi connectivity index (χ0n) is 12.5. The van der Waals surface area contributed by atoms with Crippen LogP contribution in [-0.4, -0.2) is 29.3 Å². The smallest absolute Gasteiger partial charge is 0.237 e. The van der Waals surface area contributed by atoms with Crippen LogP contribution in [0.25, 0.3) is 0 Å². The fourth-order valence-corrected chi connectivity index (χ4v) is 3.46. The molecular formula is C16H19N3O2S. The Hall–Kier alpha value is -1.79. The number of nitrogens with one attached hydrogen (secondary N) is 1. The molecule has 5 nitrogen and oxygen atoms in total. The van der Waals surface area contributed by atoms with Crippen molar-refractivity contribution in [3.8, 4) is 0 Å². The van der Waals surface area contributed by atoms with E-state index in [1.807, 2.05) is 37.3 Å². The maximum Gasteiger partial charge on any atom is 0.237 e. The van der Waals surface area contributed by atoms with Gasteiger partial charge in [-0.3, -0.25) is 10.1 Å². The average molecular weight is 317 g/mol. The minimum absolute atomic E-state index is 0.0131. The maximum atomic E-state index is 13.0. The Bertz CT molecular complexity index is 636. The highest BCUT2D eigenvalue weighted by molar-refractivity contribution is 7.15. The molecule has 116 valence electrons. The van der Waals surface area contributed by atoms with Gasteiger partial charge in [-0.25, -0.2) is 0 Å². The van der Waals surface area contributed by atoms with Crippen LogP contribution in [-0.2, 0) is 21.4 Å². The highest BCUT2D eigenvalue weighted by atomic mass is 32.1. The number of rotatable bonds is 4. The molecule has 1 aliphatic rings. The molecular weight excluding hydrogens is 298 g/mol. The van der Waals surface area contributed by atoms with Crippen molar-refractivity contribution in [2.24, 2.45) is 0 Å². The van der Waals surface area contributed by atoms with Crippen molar-refractivity contribution in [1.29, 1.82) is 0 Å². The van der Waals surface area contributed by atoms with E-state index in [4.69, 9.17) is 4.74 Å². The predicted octanol–water partition coefficient (Wildman–Crippen LogP) is 2.79. The van der Waals surface area contributed by atoms with E-state index in [0.717, 1.165) is 17.0 Å². The number of aryl methyl sites for hydroxylation is 1. The molecule has 0 radical (unpaired) electrons. The predicted molar refractivity (Wildman–Crippen MR) is 86.1 cm³/mol. The number of nitrogens with zero attached hydrogens (tertiary/aromatic N) is 2. The first-order valence-electron chi connectivity index (χ1n) is 7.52. The fourth-order valence-electron chi connectivity index (χ4n) is 2.79. The summed E-state index contributed by atoms with van der Waals surface area (Å²) in [4.78, 5) is 13.0. The second-order valence-electron chi connectivity index (χ2n) is 5.37. The van der Waals surface area contributed by atoms with Gasteiger partial charge in [0.05, 0.1) is 5.41 Å². The largest absolute Gasteiger partial charge is 0.381 e. The Balaban J connectivity index is 1.87. The van der Waals surface area contributed by atoms with Gasteiger partial charge in [0.25, 0.3) is 0 Å². The molecule has 0 unspecified atom stereocenters. The molecule has 1 saturated heterocycles. The molecule has 1 aromatic carbocycles. The van der Waals surface area contributed by atoms with E-state index in [9.17, 15) is 4.79 Å². The molecule has 3 rings (SSSR count). The third kappa shape index (κ3) is 2.89. The first kappa shape index (κ1) is 15.1. The van der Waals surface area contributed by atoms with Gasteiger partial charge in [0.15, 0.2) is 0 Å². The van der Waals surface area contributed by atoms with Gasteiger partial charge in [0, 0.05) is 13.2 Å². The highest BCUT2D eigenvalue weighted by Gasteiger charge is 2.42. The summed E-state index contributed by atoms with van der Waals surface area (Å²) in [7, 11) is 0. The van der Waals surface area contributed by atoms with Gasteiger partial charge >= 0.3 is 0 Å². The van der Waals surface area contributed by atoms with Crippen molar-refractivity contribution in [1.82, 2.24) is 10.2 Å². The van der Waals surface area contributed by atoms with Crippen LogP contribution in [0.1, 0.15) is 30.3 Å². The second kappa shape index (κ2) is 6.54. The summed E-state index contributed by atoms with van der Waals surface area (Å²) in [5.74, 6) is -0.0131. The molecule has 1 aromatic heterocycles. The molecule has 22 heavy (non-hydrogen) atoms. The van der Waals surface area contributed by atoms with Gasteiger partial charge in [-0.15, -0.1) is 10.2 Å². The Labute approximate surface area is 133 Å². The van der Waals surface area contributed by atoms with Gasteiger partial charge in [-0.2, -0.15) is 0 Å². The van der Waals surface area contributed by atoms with E-state index < -0.39 is 5.41 Å². The van der Waals surface area contributed by atoms with Crippen LogP contribution >= 0.6 is 11.3 Å². The quantitative estimate of drug-likeness (QED) is 0.942. The molecule has 0 spiro atoms. The van der Waals surface area contributed by atoms with Crippen LogP contribution in [0.4, 0.5) is 5.13 Å². The first-order valence-corrected chi connectivity index (χ1v) is 8.33. The zero-order valence-corrected chi connectivity index (χ0v) is 13.4. The van der Waals surface area contributed by atoms with E-state index in [1.54, 1.807) is 0 Å². The van der Waals surface area contributed by atoms with Crippen molar-refractivity contribution in [3.05, 3.63) is 40.9 Å². The molecule has 0 atom stereocenters. The molecule has 1 aliphatic heterocycles. The van der Waals surface area contributed by atoms with Crippen LogP contribution in [0.15, 0.2) is 30.3 Å². The topological polar surface area (TPSA) is 64.1 Å². The molecule has 1 amide bonds. The van der Waals surface area contributed by atoms with Crippen molar-refractivity contribution in [2.75, 3.05) is 18.5 Å². The molecule has 0 bridgehead atoms. The summed E-state index contributed by atoms with van der Waals surface area (Å²) in [6.07, 6.45) is 2.19. The molecule has 2 heterocycles. The van der Waals surface area contributed by atoms with Gasteiger partial charge < -0.3 is 4.74 Å². The van der Waals surface area contributed by atoms with Crippen LogP contribution < -0.4 is 5.32 Å². The van der Waals surface area contributed by atoms with Gasteiger partial charge in [-0.05, 0) is 24.8 Å². The van der Waals surface area contributed by atoms with E-state index in [-0.39, 0.29) is 5.91 Å². The standard InChI is InChI=1S/C16H19N3O2S/c1-2-13-18-19-15(22-13)17-14(20)16(8-10-21-11-9-16)12-6-4-3-5-7-12/h3-7H,2,8-11H2,1H3,(H,17,19,20). The molecule has 1 fully saturated rings. The lowest BCUT2D eigenvalue weighted by molar-refractivity contribution is -0.125. The number of aromatic nitrogens is 2. The third-order valence-electron chi connectivity index (χ3n) is 4.10. The minimum Gasteiger partial charge on any atom is -0.381 e. The number of carbonyl (C=O) groups is 1. The normalized spacial score (nSPS) is 17.1. The van der Waals surface area contributed by atoms with Crippen molar-refractivity contribution >= 4 is 22.4 Å². The van der Waals surface area contributed by atoms with Gasteiger partial charge in [0.1, 0.15) is 5.01 Å². The number of ether oxygens (including phenoxy) is 1. The van der Waals surface area contributed by atoms with Gasteiger partial charge in [0.2, 0.25) is 11.0 Å². The summed E-state index contributed by atoms with van der Waals surface area (Å²) in [6.45, 7) is 3.22. The van der Waals surface area contributed by atoms with Crippen LogP contribution in [0.2, 0.25) is 0 Å². The van der Waals surface area contributed by atoms with Crippen LogP contribution in [0.5, 0.6) is 0 Å². The maximum absolute atomic E-state index is 13.0. The SMILES string of the molecule is CCc1nnc(NC(=O)C2(c3ccccc3)CCOCC2)s1. The summed E-state index contributed by atoms with van der Waals surface area (Å²) in [6, 6.07) is 9.94. The van der Waals surface area contributed by atoms with E-state index >= 15 is 0 Å². The Kier molecular flexibility index (Phi) is 4.49. The highest BCUT2D eigenvalue weighted by Crippen LogP contribution is 2.36. The summed E-state index contributed by atoms with van der Waals surface area (Å²) >= 11 is 1.43. The minimum atomic E-state index is -0.544. The Morgan fingerprint density at radius 3 is 2.64 bits per heavy atom. The van der Waals surface area contributed by atoms with Crippen LogP contribution in [0, 0.1) is 0 Å². The summed E-state index contributed by atoms with van der Waals surface area (Å²) < 4.78 is 5.46. The summed E-state index contributed by atoms with van der Waals surface area (Å²) in [5.41, 5.74) is 0.494. The monoisotopic (exact) mass is 317 g/mol. The van der Waals surface area contributed by atoms with Crippen molar-refractivity contribution < 1.29 is 9.53 Å². The van der Waals surface area contributed by atoms with E-state index in [2.05, 4.69) is 15.5 Å². The lowest BCUT2D eigenvalue weighted by Crippen LogP contribution is -2.44. The van der Waals surface area contributed by atoms with E-state index in [1.165, 1.54) is 11.3 Å². The molecule has 6 heteroatoms. The van der Waals surface area contributed by atoms with E-state index in [0.29, 0.717) is 31.2 Å². The lowest BCUT2D eigenvalue weighted by Gasteiger charge is -2.35. The first-order chi connectivity index (χ1) is 10.7. The average Bonchev–Trinajstić information content (AvgIpc) is 3.04. The number of hydrogen-bond donors (Lipinski definition) is 1. The summed E-state index contributed by atoms with van der Waals surface area (Å²) in [5, 5.41) is 12.6. The number of carbonyl (C=O) groups excluding carboxylic acids is 1. The Morgan fingerprint density at radius 2 is 2.00 bits per heavy atom. The van der Waals surface area contributed by atoms with Crippen molar-refractivity contribution in [3.63, 3.8) is 0 Å². The molecule has 2 aromatic rings. The lowest BCUT2D eigenvalue weighted by atomic mass is 9.73. The number of hydrogen-bond acceptors (Lipinski definition) is 5. The number of benzene rings is 1. The second-order valence-corrected chi connectivity index (χ2v) is 6.43. The Morgan fingerprint density at radius 1 is 1.27 bits per heavy atom. The molecule has 0 saturated carbocycles. The number of amides is 1.